The van der Waals surface area contributed by atoms with E-state index < -0.39 is 5.97 Å². The SMILES string of the molecule is O=C(O)C1CCCc2ncccc21. The topological polar surface area (TPSA) is 50.2 Å². The van der Waals surface area contributed by atoms with Gasteiger partial charge in [-0.1, -0.05) is 6.07 Å². The maximum absolute atomic E-state index is 10.9. The summed E-state index contributed by atoms with van der Waals surface area (Å²) in [6.07, 6.45) is 4.32. The molecule has 0 saturated carbocycles. The van der Waals surface area contributed by atoms with E-state index in [-0.39, 0.29) is 5.92 Å². The Morgan fingerprint density at radius 1 is 1.62 bits per heavy atom. The van der Waals surface area contributed by atoms with Gasteiger partial charge in [0.05, 0.1) is 5.92 Å². The molecule has 1 aliphatic rings. The summed E-state index contributed by atoms with van der Waals surface area (Å²) in [5.74, 6) is -1.06. The molecule has 1 aromatic heterocycles. The van der Waals surface area contributed by atoms with E-state index in [0.717, 1.165) is 30.5 Å². The molecule has 0 amide bonds. The second-order valence-electron chi connectivity index (χ2n) is 3.32. The number of hydrogen-bond acceptors (Lipinski definition) is 2. The number of carboxylic acid groups (broad SMARTS) is 1. The molecule has 0 aliphatic heterocycles. The predicted octanol–water partition coefficient (Wildman–Crippen LogP) is 1.59. The van der Waals surface area contributed by atoms with Gasteiger partial charge in [0.2, 0.25) is 0 Å². The van der Waals surface area contributed by atoms with E-state index in [1.54, 1.807) is 12.3 Å². The second kappa shape index (κ2) is 3.17. The summed E-state index contributed by atoms with van der Waals surface area (Å²) in [6.45, 7) is 0. The Labute approximate surface area is 76.4 Å². The highest BCUT2D eigenvalue weighted by molar-refractivity contribution is 5.76. The van der Waals surface area contributed by atoms with Gasteiger partial charge in [0.25, 0.3) is 0 Å². The van der Waals surface area contributed by atoms with Crippen LogP contribution in [0.3, 0.4) is 0 Å². The smallest absolute Gasteiger partial charge is 0.311 e. The molecule has 0 radical (unpaired) electrons. The Hall–Kier alpha value is -1.38. The molecule has 1 N–H and O–H groups in total. The summed E-state index contributed by atoms with van der Waals surface area (Å²) in [7, 11) is 0. The lowest BCUT2D eigenvalue weighted by Gasteiger charge is -2.20. The molecule has 0 aromatic carbocycles. The number of pyridine rings is 1. The highest BCUT2D eigenvalue weighted by Gasteiger charge is 2.26. The minimum atomic E-state index is -0.728. The van der Waals surface area contributed by atoms with Crippen molar-refractivity contribution in [3.8, 4) is 0 Å². The van der Waals surface area contributed by atoms with Crippen LogP contribution in [0.4, 0.5) is 0 Å². The van der Waals surface area contributed by atoms with E-state index in [9.17, 15) is 4.79 Å². The van der Waals surface area contributed by atoms with Crippen LogP contribution < -0.4 is 0 Å². The summed E-state index contributed by atoms with van der Waals surface area (Å²) in [4.78, 5) is 15.1. The summed E-state index contributed by atoms with van der Waals surface area (Å²) >= 11 is 0. The third kappa shape index (κ3) is 1.41. The average Bonchev–Trinajstić information content (AvgIpc) is 2.17. The van der Waals surface area contributed by atoms with Gasteiger partial charge >= 0.3 is 5.97 Å². The summed E-state index contributed by atoms with van der Waals surface area (Å²) in [5.41, 5.74) is 1.86. The van der Waals surface area contributed by atoms with Crippen molar-refractivity contribution in [1.82, 2.24) is 4.98 Å². The zero-order chi connectivity index (χ0) is 9.26. The first kappa shape index (κ1) is 8.23. The van der Waals surface area contributed by atoms with Crippen molar-refractivity contribution >= 4 is 5.97 Å². The highest BCUT2D eigenvalue weighted by atomic mass is 16.4. The Kier molecular flexibility index (Phi) is 2.00. The minimum absolute atomic E-state index is 0.336. The lowest BCUT2D eigenvalue weighted by Crippen LogP contribution is -2.18. The number of aliphatic carboxylic acids is 1. The van der Waals surface area contributed by atoms with Gasteiger partial charge in [0.15, 0.2) is 0 Å². The molecular weight excluding hydrogens is 166 g/mol. The van der Waals surface area contributed by atoms with Crippen molar-refractivity contribution in [1.29, 1.82) is 0 Å². The van der Waals surface area contributed by atoms with Gasteiger partial charge in [-0.05, 0) is 30.9 Å². The molecule has 13 heavy (non-hydrogen) atoms. The maximum Gasteiger partial charge on any atom is 0.311 e. The molecule has 0 saturated heterocycles. The molecule has 3 heteroatoms. The molecule has 1 aromatic rings. The first-order chi connectivity index (χ1) is 6.29. The molecule has 68 valence electrons. The van der Waals surface area contributed by atoms with Crippen LogP contribution in [-0.2, 0) is 11.2 Å². The van der Waals surface area contributed by atoms with Gasteiger partial charge in [-0.2, -0.15) is 0 Å². The fraction of sp³-hybridized carbons (Fsp3) is 0.400. The second-order valence-corrected chi connectivity index (χ2v) is 3.32. The van der Waals surface area contributed by atoms with Crippen LogP contribution >= 0.6 is 0 Å². The molecular formula is C10H11NO2. The van der Waals surface area contributed by atoms with E-state index in [2.05, 4.69) is 4.98 Å². The molecule has 0 bridgehead atoms. The molecule has 1 aliphatic carbocycles. The third-order valence-corrected chi connectivity index (χ3v) is 2.51. The van der Waals surface area contributed by atoms with E-state index >= 15 is 0 Å². The molecule has 1 atom stereocenters. The van der Waals surface area contributed by atoms with Crippen LogP contribution in [0.2, 0.25) is 0 Å². The fourth-order valence-corrected chi connectivity index (χ4v) is 1.86. The van der Waals surface area contributed by atoms with Gasteiger partial charge in [-0.3, -0.25) is 9.78 Å². The Morgan fingerprint density at radius 2 is 2.46 bits per heavy atom. The van der Waals surface area contributed by atoms with Gasteiger partial charge < -0.3 is 5.11 Å². The molecule has 1 heterocycles. The quantitative estimate of drug-likeness (QED) is 0.708. The van der Waals surface area contributed by atoms with Crippen molar-refractivity contribution in [2.75, 3.05) is 0 Å². The van der Waals surface area contributed by atoms with Crippen LogP contribution in [-0.4, -0.2) is 16.1 Å². The van der Waals surface area contributed by atoms with Crippen molar-refractivity contribution in [2.24, 2.45) is 0 Å². The molecule has 0 spiro atoms. The van der Waals surface area contributed by atoms with Gasteiger partial charge in [-0.15, -0.1) is 0 Å². The number of aryl methyl sites for hydroxylation is 1. The number of carboxylic acids is 1. The Bertz CT molecular complexity index is 335. The number of nitrogens with zero attached hydrogens (tertiary/aromatic N) is 1. The summed E-state index contributed by atoms with van der Waals surface area (Å²) < 4.78 is 0. The Balaban J connectivity index is 2.42. The van der Waals surface area contributed by atoms with E-state index in [1.165, 1.54) is 0 Å². The largest absolute Gasteiger partial charge is 0.481 e. The average molecular weight is 177 g/mol. The molecule has 3 nitrogen and oxygen atoms in total. The van der Waals surface area contributed by atoms with Crippen LogP contribution in [0, 0.1) is 0 Å². The van der Waals surface area contributed by atoms with E-state index in [4.69, 9.17) is 5.11 Å². The third-order valence-electron chi connectivity index (χ3n) is 2.51. The summed E-state index contributed by atoms with van der Waals surface area (Å²) in [5, 5.41) is 8.96. The van der Waals surface area contributed by atoms with Crippen LogP contribution in [0.1, 0.15) is 30.0 Å². The lowest BCUT2D eigenvalue weighted by molar-refractivity contribution is -0.139. The van der Waals surface area contributed by atoms with Crippen LogP contribution in [0.5, 0.6) is 0 Å². The number of carbonyl (C=O) groups is 1. The van der Waals surface area contributed by atoms with Crippen molar-refractivity contribution in [2.45, 2.75) is 25.2 Å². The van der Waals surface area contributed by atoms with Crippen molar-refractivity contribution in [3.05, 3.63) is 29.6 Å². The summed E-state index contributed by atoms with van der Waals surface area (Å²) in [6, 6.07) is 3.68. The number of hydrogen-bond donors (Lipinski definition) is 1. The van der Waals surface area contributed by atoms with Gasteiger partial charge in [-0.25, -0.2) is 0 Å². The first-order valence-electron chi connectivity index (χ1n) is 4.45. The van der Waals surface area contributed by atoms with Gasteiger partial charge in [0.1, 0.15) is 0 Å². The van der Waals surface area contributed by atoms with Gasteiger partial charge in [0, 0.05) is 11.9 Å². The maximum atomic E-state index is 10.9. The zero-order valence-corrected chi connectivity index (χ0v) is 7.23. The van der Waals surface area contributed by atoms with Crippen LogP contribution in [0.25, 0.3) is 0 Å². The molecule has 0 fully saturated rings. The normalized spacial score (nSPS) is 20.8. The fourth-order valence-electron chi connectivity index (χ4n) is 1.86. The molecule has 2 rings (SSSR count). The predicted molar refractivity (Wildman–Crippen MR) is 47.6 cm³/mol. The van der Waals surface area contributed by atoms with E-state index in [0.29, 0.717) is 0 Å². The number of rotatable bonds is 1. The minimum Gasteiger partial charge on any atom is -0.481 e. The van der Waals surface area contributed by atoms with Crippen molar-refractivity contribution in [3.63, 3.8) is 0 Å². The number of fused-ring (bicyclic) bond motifs is 1. The zero-order valence-electron chi connectivity index (χ0n) is 7.23. The standard InChI is InChI=1S/C10H11NO2/c12-10(13)8-3-1-5-9-7(8)4-2-6-11-9/h2,4,6,8H,1,3,5H2,(H,12,13). The highest BCUT2D eigenvalue weighted by Crippen LogP contribution is 2.29. The number of aromatic nitrogens is 1. The first-order valence-corrected chi connectivity index (χ1v) is 4.45. The monoisotopic (exact) mass is 177 g/mol. The Morgan fingerprint density at radius 3 is 3.23 bits per heavy atom. The van der Waals surface area contributed by atoms with E-state index in [1.807, 2.05) is 6.07 Å². The molecule has 1 unspecified atom stereocenters. The van der Waals surface area contributed by atoms with Crippen LogP contribution in [0.15, 0.2) is 18.3 Å². The lowest BCUT2D eigenvalue weighted by atomic mass is 9.86. The van der Waals surface area contributed by atoms with Crippen molar-refractivity contribution < 1.29 is 9.90 Å².